The lowest BCUT2D eigenvalue weighted by molar-refractivity contribution is 0.0966. The number of rotatable bonds is 1. The van der Waals surface area contributed by atoms with E-state index in [2.05, 4.69) is 0 Å². The molecule has 0 fully saturated rings. The topological polar surface area (TPSA) is 98.2 Å². The van der Waals surface area contributed by atoms with Crippen LogP contribution < -0.4 is 16.8 Å². The fourth-order valence-corrected chi connectivity index (χ4v) is 0.864. The molecule has 1 rings (SSSR count). The van der Waals surface area contributed by atoms with Crippen LogP contribution in [0.1, 0.15) is 10.4 Å². The van der Waals surface area contributed by atoms with Crippen LogP contribution >= 0.6 is 0 Å². The summed E-state index contributed by atoms with van der Waals surface area (Å²) in [5.74, 6) is -0.556. The Morgan fingerprint density at radius 1 is 1.31 bits per heavy atom. The van der Waals surface area contributed by atoms with Gasteiger partial charge in [0, 0.05) is 11.3 Å². The van der Waals surface area contributed by atoms with Gasteiger partial charge in [0.2, 0.25) is 0 Å². The average Bonchev–Trinajstić information content (AvgIpc) is 2.03. The van der Waals surface area contributed by atoms with Crippen molar-refractivity contribution in [2.75, 3.05) is 5.73 Å². The smallest absolute Gasteiger partial charge is 0.319 e. The monoisotopic (exact) mass is 179 g/mol. The van der Waals surface area contributed by atoms with Crippen LogP contribution in [-0.2, 0) is 0 Å². The molecule has 5 N–H and O–H groups in total. The second-order valence-corrected chi connectivity index (χ2v) is 2.44. The maximum absolute atomic E-state index is 11.1. The summed E-state index contributed by atoms with van der Waals surface area (Å²) in [6.45, 7) is 0. The van der Waals surface area contributed by atoms with Crippen molar-refractivity contribution in [3.05, 3.63) is 29.8 Å². The molecule has 5 nitrogen and oxygen atoms in total. The summed E-state index contributed by atoms with van der Waals surface area (Å²) in [4.78, 5) is 21.5. The molecule has 0 aliphatic rings. The molecule has 0 atom stereocenters. The molecule has 1 aromatic carbocycles. The lowest BCUT2D eigenvalue weighted by Gasteiger charge is -2.00. The van der Waals surface area contributed by atoms with Crippen LogP contribution in [0, 0.1) is 0 Å². The fraction of sp³-hybridized carbons (Fsp3) is 0. The Kier molecular flexibility index (Phi) is 2.49. The highest BCUT2D eigenvalue weighted by Gasteiger charge is 2.06. The lowest BCUT2D eigenvalue weighted by atomic mass is 10.2. The van der Waals surface area contributed by atoms with Gasteiger partial charge in [0.15, 0.2) is 0 Å². The standard InChI is InChI=1S/C8H9N3O2/c9-6-3-1-2-5(4-6)7(12)11-8(10)13/h1-4H,9H2,(H3,10,11,12,13). The van der Waals surface area contributed by atoms with Gasteiger partial charge in [0.05, 0.1) is 0 Å². The van der Waals surface area contributed by atoms with Gasteiger partial charge in [-0.3, -0.25) is 10.1 Å². The zero-order chi connectivity index (χ0) is 9.84. The Balaban J connectivity index is 2.83. The molecule has 1 aromatic rings. The van der Waals surface area contributed by atoms with Crippen molar-refractivity contribution in [3.8, 4) is 0 Å². The van der Waals surface area contributed by atoms with E-state index in [1.54, 1.807) is 12.1 Å². The first-order valence-corrected chi connectivity index (χ1v) is 3.56. The van der Waals surface area contributed by atoms with E-state index in [1.807, 2.05) is 5.32 Å². The number of carbonyl (C=O) groups excluding carboxylic acids is 2. The molecule has 0 saturated heterocycles. The number of hydrogen-bond donors (Lipinski definition) is 3. The lowest BCUT2D eigenvalue weighted by Crippen LogP contribution is -2.34. The second kappa shape index (κ2) is 3.57. The minimum Gasteiger partial charge on any atom is -0.399 e. The summed E-state index contributed by atoms with van der Waals surface area (Å²) in [6.07, 6.45) is 0. The van der Waals surface area contributed by atoms with E-state index in [0.717, 1.165) is 0 Å². The summed E-state index contributed by atoms with van der Waals surface area (Å²) in [6, 6.07) is 5.37. The van der Waals surface area contributed by atoms with Crippen LogP contribution in [-0.4, -0.2) is 11.9 Å². The second-order valence-electron chi connectivity index (χ2n) is 2.44. The van der Waals surface area contributed by atoms with Gasteiger partial charge in [-0.2, -0.15) is 0 Å². The molecule has 0 unspecified atom stereocenters. The molecule has 0 aliphatic carbocycles. The number of nitrogen functional groups attached to an aromatic ring is 1. The molecular formula is C8H9N3O2. The minimum atomic E-state index is -0.882. The number of anilines is 1. The Bertz CT molecular complexity index is 349. The first-order chi connectivity index (χ1) is 6.09. The number of nitrogens with one attached hydrogen (secondary N) is 1. The van der Waals surface area contributed by atoms with Gasteiger partial charge in [-0.25, -0.2) is 4.79 Å². The van der Waals surface area contributed by atoms with Crippen molar-refractivity contribution >= 4 is 17.6 Å². The number of nitrogens with two attached hydrogens (primary N) is 2. The molecule has 5 heteroatoms. The van der Waals surface area contributed by atoms with Crippen LogP contribution in [0.2, 0.25) is 0 Å². The van der Waals surface area contributed by atoms with Crippen LogP contribution in [0.3, 0.4) is 0 Å². The number of amides is 3. The van der Waals surface area contributed by atoms with Crippen molar-refractivity contribution in [1.82, 2.24) is 5.32 Å². The first-order valence-electron chi connectivity index (χ1n) is 3.56. The quantitative estimate of drug-likeness (QED) is 0.532. The van der Waals surface area contributed by atoms with Gasteiger partial charge in [-0.05, 0) is 18.2 Å². The highest BCUT2D eigenvalue weighted by molar-refractivity contribution is 6.04. The van der Waals surface area contributed by atoms with Crippen molar-refractivity contribution in [2.45, 2.75) is 0 Å². The van der Waals surface area contributed by atoms with Crippen LogP contribution in [0.5, 0.6) is 0 Å². The summed E-state index contributed by atoms with van der Waals surface area (Å²) in [5, 5.41) is 1.93. The SMILES string of the molecule is NC(=O)NC(=O)c1cccc(N)c1. The van der Waals surface area contributed by atoms with Gasteiger partial charge in [0.25, 0.3) is 5.91 Å². The molecule has 13 heavy (non-hydrogen) atoms. The number of benzene rings is 1. The Morgan fingerprint density at radius 3 is 2.54 bits per heavy atom. The minimum absolute atomic E-state index is 0.304. The van der Waals surface area contributed by atoms with Crippen molar-refractivity contribution in [3.63, 3.8) is 0 Å². The molecule has 3 amide bonds. The third-order valence-electron chi connectivity index (χ3n) is 1.39. The molecule has 0 saturated carbocycles. The van der Waals surface area contributed by atoms with Gasteiger partial charge in [-0.15, -0.1) is 0 Å². The van der Waals surface area contributed by atoms with Gasteiger partial charge in [0.1, 0.15) is 0 Å². The van der Waals surface area contributed by atoms with Gasteiger partial charge in [-0.1, -0.05) is 6.07 Å². The average molecular weight is 179 g/mol. The summed E-state index contributed by atoms with van der Waals surface area (Å²) in [5.41, 5.74) is 11.0. The van der Waals surface area contributed by atoms with E-state index >= 15 is 0 Å². The van der Waals surface area contributed by atoms with Crippen LogP contribution in [0.25, 0.3) is 0 Å². The molecule has 0 aliphatic heterocycles. The predicted molar refractivity (Wildman–Crippen MR) is 47.9 cm³/mol. The van der Waals surface area contributed by atoms with Gasteiger partial charge >= 0.3 is 6.03 Å². The van der Waals surface area contributed by atoms with Crippen molar-refractivity contribution < 1.29 is 9.59 Å². The molecule has 0 spiro atoms. The largest absolute Gasteiger partial charge is 0.399 e. The molecular weight excluding hydrogens is 170 g/mol. The molecule has 0 bridgehead atoms. The summed E-state index contributed by atoms with van der Waals surface area (Å²) < 4.78 is 0. The highest BCUT2D eigenvalue weighted by Crippen LogP contribution is 2.05. The van der Waals surface area contributed by atoms with E-state index in [0.29, 0.717) is 11.3 Å². The number of hydrogen-bond acceptors (Lipinski definition) is 3. The number of urea groups is 1. The zero-order valence-corrected chi connectivity index (χ0v) is 6.78. The Hall–Kier alpha value is -2.04. The normalized spacial score (nSPS) is 9.23. The Labute approximate surface area is 74.7 Å². The highest BCUT2D eigenvalue weighted by atomic mass is 16.2. The van der Waals surface area contributed by atoms with Crippen LogP contribution in [0.4, 0.5) is 10.5 Å². The summed E-state index contributed by atoms with van der Waals surface area (Å²) in [7, 11) is 0. The van der Waals surface area contributed by atoms with Crippen molar-refractivity contribution in [2.24, 2.45) is 5.73 Å². The fourth-order valence-electron chi connectivity index (χ4n) is 0.864. The van der Waals surface area contributed by atoms with Gasteiger partial charge < -0.3 is 11.5 Å². The third-order valence-corrected chi connectivity index (χ3v) is 1.39. The predicted octanol–water partition coefficient (Wildman–Crippen LogP) is 0.0773. The van der Waals surface area contributed by atoms with Crippen molar-refractivity contribution in [1.29, 1.82) is 0 Å². The molecule has 0 heterocycles. The summed E-state index contributed by atoms with van der Waals surface area (Å²) >= 11 is 0. The van der Waals surface area contributed by atoms with Crippen LogP contribution in [0.15, 0.2) is 24.3 Å². The number of imide groups is 1. The third kappa shape index (κ3) is 2.48. The van der Waals surface area contributed by atoms with E-state index in [-0.39, 0.29) is 0 Å². The first kappa shape index (κ1) is 9.05. The molecule has 0 radical (unpaired) electrons. The van der Waals surface area contributed by atoms with E-state index in [4.69, 9.17) is 11.5 Å². The number of primary amides is 1. The molecule has 0 aromatic heterocycles. The maximum atomic E-state index is 11.1. The van der Waals surface area contributed by atoms with E-state index < -0.39 is 11.9 Å². The van der Waals surface area contributed by atoms with E-state index in [1.165, 1.54) is 12.1 Å². The maximum Gasteiger partial charge on any atom is 0.319 e. The number of carbonyl (C=O) groups is 2. The Morgan fingerprint density at radius 2 is 2.00 bits per heavy atom. The van der Waals surface area contributed by atoms with E-state index in [9.17, 15) is 9.59 Å². The molecule has 68 valence electrons. The zero-order valence-electron chi connectivity index (χ0n) is 6.78.